The number of ether oxygens (including phenoxy) is 4. The Morgan fingerprint density at radius 1 is 0.946 bits per heavy atom. The number of rotatable bonds is 20. The van der Waals surface area contributed by atoms with Gasteiger partial charge in [-0.2, -0.15) is 11.8 Å². The normalized spacial score (nSPS) is 19.8. The fraction of sp³-hybridized carbons (Fsp3) is 0.512. The van der Waals surface area contributed by atoms with E-state index in [1.54, 1.807) is 43.5 Å². The van der Waals surface area contributed by atoms with Crippen LogP contribution < -0.4 is 39.8 Å². The molecule has 6 rings (SSSR count). The lowest BCUT2D eigenvalue weighted by molar-refractivity contribution is -0.121. The molecule has 15 heteroatoms. The summed E-state index contributed by atoms with van der Waals surface area (Å²) >= 11 is 1.99. The molecule has 3 aliphatic heterocycles. The zero-order valence-electron chi connectivity index (χ0n) is 32.7. The van der Waals surface area contributed by atoms with E-state index in [1.807, 2.05) is 43.8 Å². The average Bonchev–Trinajstić information content (AvgIpc) is 3.91. The van der Waals surface area contributed by atoms with Crippen molar-refractivity contribution in [2.45, 2.75) is 95.5 Å². The number of aryl methyl sites for hydroxylation is 2. The fourth-order valence-corrected chi connectivity index (χ4v) is 9.83. The number of carbonyl (C=O) groups is 2. The van der Waals surface area contributed by atoms with Crippen molar-refractivity contribution in [2.24, 2.45) is 0 Å². The van der Waals surface area contributed by atoms with E-state index < -0.39 is 10.0 Å². The minimum absolute atomic E-state index is 0.0707. The number of anilines is 2. The van der Waals surface area contributed by atoms with E-state index in [0.29, 0.717) is 70.9 Å². The number of nitrogens with zero attached hydrogens (tertiary/aromatic N) is 1. The molecule has 4 N–H and O–H groups in total. The Morgan fingerprint density at radius 2 is 1.77 bits per heavy atom. The number of hydrogen-bond donors (Lipinski definition) is 4. The van der Waals surface area contributed by atoms with Crippen LogP contribution in [0.15, 0.2) is 54.6 Å². The predicted octanol–water partition coefficient (Wildman–Crippen LogP) is 5.84. The molecule has 13 nitrogen and oxygen atoms in total. The SMILES string of the molecule is COC1N[C@@H]2[C@@H](CS[C@@H]2CCCCC(=O)NCCCCCCN(c2ccc(NC(=O)c3ccc4c(c3)OCO4)cc2OCc2cc(C)ccc2C)S(C)(=O)=O)N1. The number of nitrogens with one attached hydrogen (secondary N) is 4. The lowest BCUT2D eigenvalue weighted by Crippen LogP contribution is -2.38. The van der Waals surface area contributed by atoms with Crippen molar-refractivity contribution in [2.75, 3.05) is 48.6 Å². The lowest BCUT2D eigenvalue weighted by atomic mass is 10.0. The van der Waals surface area contributed by atoms with Crippen LogP contribution in [0, 0.1) is 13.8 Å². The summed E-state index contributed by atoms with van der Waals surface area (Å²) in [6.07, 6.45) is 7.68. The first-order chi connectivity index (χ1) is 27.0. The Morgan fingerprint density at radius 3 is 2.59 bits per heavy atom. The number of sulfonamides is 1. The van der Waals surface area contributed by atoms with Gasteiger partial charge in [0.25, 0.3) is 5.91 Å². The molecule has 0 aliphatic carbocycles. The molecule has 0 radical (unpaired) electrons. The molecule has 56 heavy (non-hydrogen) atoms. The van der Waals surface area contributed by atoms with Gasteiger partial charge < -0.3 is 29.6 Å². The van der Waals surface area contributed by atoms with Crippen LogP contribution in [-0.4, -0.2) is 82.9 Å². The maximum absolute atomic E-state index is 13.2. The number of benzene rings is 3. The zero-order chi connectivity index (χ0) is 39.7. The summed E-state index contributed by atoms with van der Waals surface area (Å²) in [5, 5.41) is 13.5. The van der Waals surface area contributed by atoms with Gasteiger partial charge in [0.2, 0.25) is 22.7 Å². The summed E-state index contributed by atoms with van der Waals surface area (Å²) in [6, 6.07) is 17.0. The molecule has 3 aliphatic rings. The number of carbonyl (C=O) groups excluding carboxylic acids is 2. The van der Waals surface area contributed by atoms with Gasteiger partial charge >= 0.3 is 0 Å². The molecule has 2 saturated heterocycles. The van der Waals surface area contributed by atoms with Crippen LogP contribution in [0.5, 0.6) is 17.2 Å². The highest BCUT2D eigenvalue weighted by Gasteiger charge is 2.43. The number of amides is 2. The quantitative estimate of drug-likeness (QED) is 0.102. The van der Waals surface area contributed by atoms with E-state index >= 15 is 0 Å². The van der Waals surface area contributed by atoms with Crippen molar-refractivity contribution < 1.29 is 37.0 Å². The summed E-state index contributed by atoms with van der Waals surface area (Å²) in [7, 11) is -1.98. The summed E-state index contributed by atoms with van der Waals surface area (Å²) in [5.74, 6) is 2.21. The first-order valence-electron chi connectivity index (χ1n) is 19.4. The summed E-state index contributed by atoms with van der Waals surface area (Å²) in [5.41, 5.74) is 4.36. The van der Waals surface area contributed by atoms with Gasteiger partial charge in [-0.25, -0.2) is 8.42 Å². The van der Waals surface area contributed by atoms with E-state index in [4.69, 9.17) is 18.9 Å². The number of thioether (sulfide) groups is 1. The molecule has 0 bridgehead atoms. The molecule has 3 aromatic carbocycles. The minimum Gasteiger partial charge on any atom is -0.487 e. The van der Waals surface area contributed by atoms with Crippen molar-refractivity contribution in [1.82, 2.24) is 16.0 Å². The van der Waals surface area contributed by atoms with E-state index in [2.05, 4.69) is 21.3 Å². The third-order valence-electron chi connectivity index (χ3n) is 10.4. The zero-order valence-corrected chi connectivity index (χ0v) is 34.4. The Labute approximate surface area is 335 Å². The van der Waals surface area contributed by atoms with Crippen LogP contribution in [-0.2, 0) is 26.2 Å². The van der Waals surface area contributed by atoms with Gasteiger partial charge in [0, 0.05) is 67.0 Å². The summed E-state index contributed by atoms with van der Waals surface area (Å²) in [6.45, 7) is 5.19. The maximum atomic E-state index is 13.2. The molecule has 304 valence electrons. The van der Waals surface area contributed by atoms with Gasteiger partial charge in [-0.1, -0.05) is 43.0 Å². The lowest BCUT2D eigenvalue weighted by Gasteiger charge is -2.25. The number of fused-ring (bicyclic) bond motifs is 2. The Bertz CT molecular complexity index is 1950. The van der Waals surface area contributed by atoms with E-state index in [-0.39, 0.29) is 38.1 Å². The predicted molar refractivity (Wildman–Crippen MR) is 220 cm³/mol. The van der Waals surface area contributed by atoms with Gasteiger partial charge in [-0.05, 0) is 81.0 Å². The van der Waals surface area contributed by atoms with Crippen LogP contribution in [0.2, 0.25) is 0 Å². The van der Waals surface area contributed by atoms with Gasteiger partial charge in [0.15, 0.2) is 17.9 Å². The highest BCUT2D eigenvalue weighted by molar-refractivity contribution is 8.00. The Balaban J connectivity index is 0.988. The smallest absolute Gasteiger partial charge is 0.255 e. The molecule has 3 aromatic rings. The van der Waals surface area contributed by atoms with Crippen molar-refractivity contribution in [3.05, 3.63) is 76.9 Å². The molecule has 0 saturated carbocycles. The number of hydrogen-bond acceptors (Lipinski definition) is 11. The first-order valence-corrected chi connectivity index (χ1v) is 22.3. The molecule has 3 heterocycles. The van der Waals surface area contributed by atoms with Crippen LogP contribution in [0.3, 0.4) is 0 Å². The van der Waals surface area contributed by atoms with E-state index in [9.17, 15) is 18.0 Å². The topological polar surface area (TPSA) is 157 Å². The van der Waals surface area contributed by atoms with Gasteiger partial charge in [-0.3, -0.25) is 24.5 Å². The van der Waals surface area contributed by atoms with Crippen LogP contribution >= 0.6 is 11.8 Å². The highest BCUT2D eigenvalue weighted by Crippen LogP contribution is 2.37. The third kappa shape index (κ3) is 11.1. The van der Waals surface area contributed by atoms with Crippen molar-refractivity contribution in [3.63, 3.8) is 0 Å². The largest absolute Gasteiger partial charge is 0.487 e. The fourth-order valence-electron chi connectivity index (χ4n) is 7.30. The van der Waals surface area contributed by atoms with Crippen LogP contribution in [0.1, 0.15) is 78.4 Å². The summed E-state index contributed by atoms with van der Waals surface area (Å²) < 4.78 is 50.3. The monoisotopic (exact) mass is 809 g/mol. The van der Waals surface area contributed by atoms with Gasteiger partial charge in [-0.15, -0.1) is 0 Å². The second-order valence-electron chi connectivity index (χ2n) is 14.7. The molecule has 4 atom stereocenters. The van der Waals surface area contributed by atoms with Crippen LogP contribution in [0.25, 0.3) is 0 Å². The third-order valence-corrected chi connectivity index (χ3v) is 13.1. The molecule has 2 amide bonds. The molecule has 0 aromatic heterocycles. The van der Waals surface area contributed by atoms with Gasteiger partial charge in [0.1, 0.15) is 12.4 Å². The van der Waals surface area contributed by atoms with E-state index in [0.717, 1.165) is 61.0 Å². The van der Waals surface area contributed by atoms with Crippen molar-refractivity contribution >= 4 is 45.0 Å². The second-order valence-corrected chi connectivity index (χ2v) is 17.9. The molecule has 2 fully saturated rings. The first kappa shape index (κ1) is 41.6. The summed E-state index contributed by atoms with van der Waals surface area (Å²) in [4.78, 5) is 25.7. The Kier molecular flexibility index (Phi) is 14.4. The molecular formula is C41H55N5O8S2. The maximum Gasteiger partial charge on any atom is 0.255 e. The highest BCUT2D eigenvalue weighted by atomic mass is 32.2. The van der Waals surface area contributed by atoms with Crippen molar-refractivity contribution in [1.29, 1.82) is 0 Å². The van der Waals surface area contributed by atoms with Gasteiger partial charge in [0.05, 0.1) is 11.9 Å². The van der Waals surface area contributed by atoms with E-state index in [1.165, 1.54) is 10.6 Å². The van der Waals surface area contributed by atoms with Crippen molar-refractivity contribution in [3.8, 4) is 17.2 Å². The molecular weight excluding hydrogens is 755 g/mol. The minimum atomic E-state index is -3.69. The van der Waals surface area contributed by atoms with Crippen LogP contribution in [0.4, 0.5) is 11.4 Å². The number of unbranched alkanes of at least 4 members (excludes halogenated alkanes) is 4. The molecule has 0 spiro atoms. The standard InChI is InChI=1S/C41H55N5O8S2/c1-27-13-14-28(2)30(21-27)24-52-35-23-31(43-40(48)29-15-18-34-36(22-29)54-26-53-34)16-17-33(35)46(56(4,49)50)20-10-6-5-9-19-42-38(47)12-8-7-11-37-39-32(25-55-37)44-41(45-39)51-3/h13-18,21-23,32,37,39,41,44-45H,5-12,19-20,24-26H2,1-4H3,(H,42,47)(H,43,48)/t32-,37-,39-,41?/m1/s1. The second kappa shape index (κ2) is 19.4. The average molecular weight is 810 g/mol. The Hall–Kier alpha value is -4.02. The number of methoxy groups -OCH3 is 1. The molecule has 1 unspecified atom stereocenters.